The Morgan fingerprint density at radius 3 is 2.61 bits per heavy atom. The van der Waals surface area contributed by atoms with Crippen LogP contribution in [0.25, 0.3) is 6.08 Å². The van der Waals surface area contributed by atoms with Gasteiger partial charge in [-0.05, 0) is 88.6 Å². The maximum absolute atomic E-state index is 12.3. The highest BCUT2D eigenvalue weighted by atomic mass is 79.9. The molecular formula is C21H16Br2N2O2S. The van der Waals surface area contributed by atoms with Gasteiger partial charge in [0.2, 0.25) is 0 Å². The van der Waals surface area contributed by atoms with Gasteiger partial charge in [-0.25, -0.2) is 4.99 Å². The SMILES string of the molecule is C#CCOc1ccc(/C=C2\SC(=Nc3cc(C)c(Br)c(C)c3)NC2=O)cc1Br. The zero-order chi connectivity index (χ0) is 20.3. The highest BCUT2D eigenvalue weighted by Crippen LogP contribution is 2.32. The Labute approximate surface area is 185 Å². The standard InChI is InChI=1S/C21H16Br2N2O2S/c1-4-7-27-17-6-5-14(10-16(17)22)11-18-20(26)25-21(28-18)24-15-8-12(2)19(23)13(3)9-15/h1,5-6,8-11H,7H2,2-3H3,(H,24,25,26)/b18-11-. The van der Waals surface area contributed by atoms with E-state index in [9.17, 15) is 4.79 Å². The van der Waals surface area contributed by atoms with Crippen LogP contribution in [0.2, 0.25) is 0 Å². The molecule has 1 saturated heterocycles. The van der Waals surface area contributed by atoms with Crippen molar-refractivity contribution in [1.29, 1.82) is 0 Å². The molecule has 4 nitrogen and oxygen atoms in total. The summed E-state index contributed by atoms with van der Waals surface area (Å²) in [6.45, 7) is 4.23. The van der Waals surface area contributed by atoms with Gasteiger partial charge in [0, 0.05) is 4.47 Å². The predicted molar refractivity (Wildman–Crippen MR) is 123 cm³/mol. The molecule has 7 heteroatoms. The maximum atomic E-state index is 12.3. The van der Waals surface area contributed by atoms with Crippen molar-refractivity contribution in [3.63, 3.8) is 0 Å². The van der Waals surface area contributed by atoms with Crippen molar-refractivity contribution >= 4 is 66.5 Å². The molecule has 0 aliphatic carbocycles. The Kier molecular flexibility index (Phi) is 6.65. The molecule has 1 heterocycles. The average molecular weight is 520 g/mol. The lowest BCUT2D eigenvalue weighted by molar-refractivity contribution is -0.115. The van der Waals surface area contributed by atoms with Crippen molar-refractivity contribution in [1.82, 2.24) is 5.32 Å². The summed E-state index contributed by atoms with van der Waals surface area (Å²) in [5.41, 5.74) is 3.87. The molecule has 1 aliphatic heterocycles. The molecule has 0 unspecified atom stereocenters. The van der Waals surface area contributed by atoms with E-state index in [1.165, 1.54) is 11.8 Å². The van der Waals surface area contributed by atoms with Gasteiger partial charge in [0.25, 0.3) is 5.91 Å². The first-order valence-electron chi connectivity index (χ1n) is 8.29. The number of halogens is 2. The fourth-order valence-corrected chi connectivity index (χ4v) is 4.16. The molecule has 0 radical (unpaired) electrons. The van der Waals surface area contributed by atoms with Crippen molar-refractivity contribution in [2.45, 2.75) is 13.8 Å². The number of hydrogen-bond acceptors (Lipinski definition) is 4. The lowest BCUT2D eigenvalue weighted by Crippen LogP contribution is -2.19. The summed E-state index contributed by atoms with van der Waals surface area (Å²) in [5, 5.41) is 3.38. The van der Waals surface area contributed by atoms with E-state index in [1.54, 1.807) is 0 Å². The number of amidine groups is 1. The molecule has 1 fully saturated rings. The van der Waals surface area contributed by atoms with Gasteiger partial charge in [-0.1, -0.05) is 27.9 Å². The van der Waals surface area contributed by atoms with E-state index in [2.05, 4.69) is 48.1 Å². The summed E-state index contributed by atoms with van der Waals surface area (Å²) in [5.74, 6) is 2.92. The van der Waals surface area contributed by atoms with Crippen molar-refractivity contribution < 1.29 is 9.53 Å². The minimum Gasteiger partial charge on any atom is -0.480 e. The second-order valence-electron chi connectivity index (χ2n) is 6.06. The smallest absolute Gasteiger partial charge is 0.264 e. The quantitative estimate of drug-likeness (QED) is 0.414. The number of aliphatic imine (C=N–C) groups is 1. The highest BCUT2D eigenvalue weighted by Gasteiger charge is 2.24. The molecule has 28 heavy (non-hydrogen) atoms. The fraction of sp³-hybridized carbons (Fsp3) is 0.143. The molecule has 3 rings (SSSR count). The number of nitrogens with one attached hydrogen (secondary N) is 1. The van der Waals surface area contributed by atoms with Gasteiger partial charge >= 0.3 is 0 Å². The summed E-state index contributed by atoms with van der Waals surface area (Å²) in [6, 6.07) is 9.51. The molecular weight excluding hydrogens is 504 g/mol. The van der Waals surface area contributed by atoms with E-state index in [0.29, 0.717) is 15.8 Å². The number of benzene rings is 2. The molecule has 0 aromatic heterocycles. The zero-order valence-electron chi connectivity index (χ0n) is 15.2. The van der Waals surface area contributed by atoms with Crippen LogP contribution in [0, 0.1) is 26.2 Å². The highest BCUT2D eigenvalue weighted by molar-refractivity contribution is 9.10. The number of thioether (sulfide) groups is 1. The molecule has 0 spiro atoms. The minimum atomic E-state index is -0.168. The van der Waals surface area contributed by atoms with Gasteiger partial charge in [0.15, 0.2) is 5.17 Å². The number of amides is 1. The molecule has 2 aromatic carbocycles. The summed E-state index contributed by atoms with van der Waals surface area (Å²) in [4.78, 5) is 17.5. The Hall–Kier alpha value is -2.01. The normalized spacial score (nSPS) is 16.3. The van der Waals surface area contributed by atoms with Gasteiger partial charge in [-0.3, -0.25) is 4.79 Å². The first-order valence-corrected chi connectivity index (χ1v) is 10.7. The Morgan fingerprint density at radius 2 is 1.96 bits per heavy atom. The number of ether oxygens (including phenoxy) is 1. The third-order valence-electron chi connectivity index (χ3n) is 3.87. The lowest BCUT2D eigenvalue weighted by Gasteiger charge is -2.05. The minimum absolute atomic E-state index is 0.168. The number of aryl methyl sites for hydroxylation is 2. The third kappa shape index (κ3) is 4.88. The number of carbonyl (C=O) groups excluding carboxylic acids is 1. The van der Waals surface area contributed by atoms with E-state index < -0.39 is 0 Å². The third-order valence-corrected chi connectivity index (χ3v) is 6.65. The van der Waals surface area contributed by atoms with Crippen LogP contribution in [0.15, 0.2) is 49.2 Å². The van der Waals surface area contributed by atoms with Crippen LogP contribution in [0.1, 0.15) is 16.7 Å². The molecule has 142 valence electrons. The molecule has 0 atom stereocenters. The second-order valence-corrected chi connectivity index (χ2v) is 8.74. The molecule has 1 aliphatic rings. The van der Waals surface area contributed by atoms with Crippen molar-refractivity contribution in [3.8, 4) is 18.1 Å². The van der Waals surface area contributed by atoms with Crippen LogP contribution < -0.4 is 10.1 Å². The number of terminal acetylenes is 1. The predicted octanol–water partition coefficient (Wildman–Crippen LogP) is 5.73. The van der Waals surface area contributed by atoms with Crippen molar-refractivity contribution in [3.05, 3.63) is 60.9 Å². The summed E-state index contributed by atoms with van der Waals surface area (Å²) >= 11 is 8.33. The van der Waals surface area contributed by atoms with Gasteiger partial charge in [-0.2, -0.15) is 0 Å². The summed E-state index contributed by atoms with van der Waals surface area (Å²) in [6.07, 6.45) is 7.03. The average Bonchev–Trinajstić information content (AvgIpc) is 2.98. The number of nitrogens with zero attached hydrogens (tertiary/aromatic N) is 1. The topological polar surface area (TPSA) is 50.7 Å². The molecule has 1 amide bonds. The van der Waals surface area contributed by atoms with Crippen molar-refractivity contribution in [2.75, 3.05) is 6.61 Å². The number of rotatable bonds is 4. The molecule has 0 saturated carbocycles. The number of carbonyl (C=O) groups is 1. The van der Waals surface area contributed by atoms with E-state index >= 15 is 0 Å². The van der Waals surface area contributed by atoms with Crippen LogP contribution >= 0.6 is 43.6 Å². The summed E-state index contributed by atoms with van der Waals surface area (Å²) < 4.78 is 7.28. The molecule has 2 aromatic rings. The Morgan fingerprint density at radius 1 is 1.25 bits per heavy atom. The van der Waals surface area contributed by atoms with Gasteiger partial charge in [0.1, 0.15) is 12.4 Å². The van der Waals surface area contributed by atoms with Gasteiger partial charge in [0.05, 0.1) is 15.1 Å². The first kappa shape index (κ1) is 20.7. The molecule has 0 bridgehead atoms. The Balaban J connectivity index is 1.81. The molecule has 1 N–H and O–H groups in total. The largest absolute Gasteiger partial charge is 0.480 e. The van der Waals surface area contributed by atoms with Crippen LogP contribution in [0.3, 0.4) is 0 Å². The van der Waals surface area contributed by atoms with Crippen LogP contribution in [0.4, 0.5) is 5.69 Å². The van der Waals surface area contributed by atoms with Crippen LogP contribution in [0.5, 0.6) is 5.75 Å². The van der Waals surface area contributed by atoms with Crippen LogP contribution in [-0.2, 0) is 4.79 Å². The van der Waals surface area contributed by atoms with E-state index in [0.717, 1.165) is 31.3 Å². The monoisotopic (exact) mass is 518 g/mol. The lowest BCUT2D eigenvalue weighted by atomic mass is 10.1. The van der Waals surface area contributed by atoms with Crippen LogP contribution in [-0.4, -0.2) is 17.7 Å². The zero-order valence-corrected chi connectivity index (χ0v) is 19.2. The number of hydrogen-bond donors (Lipinski definition) is 1. The maximum Gasteiger partial charge on any atom is 0.264 e. The van der Waals surface area contributed by atoms with E-state index in [-0.39, 0.29) is 12.5 Å². The van der Waals surface area contributed by atoms with Gasteiger partial charge in [-0.15, -0.1) is 6.42 Å². The summed E-state index contributed by atoms with van der Waals surface area (Å²) in [7, 11) is 0. The van der Waals surface area contributed by atoms with Crippen molar-refractivity contribution in [2.24, 2.45) is 4.99 Å². The van der Waals surface area contributed by atoms with Gasteiger partial charge < -0.3 is 10.1 Å². The fourth-order valence-electron chi connectivity index (χ4n) is 2.58. The van der Waals surface area contributed by atoms with E-state index in [4.69, 9.17) is 11.2 Å². The van der Waals surface area contributed by atoms with E-state index in [1.807, 2.05) is 50.3 Å². The second kappa shape index (κ2) is 8.99. The first-order chi connectivity index (χ1) is 13.4. The Bertz CT molecular complexity index is 1030.